The Hall–Kier alpha value is -4.15. The normalized spacial score (nSPS) is 17.1. The molecule has 3 aromatic rings. The lowest BCUT2D eigenvalue weighted by molar-refractivity contribution is -0.199. The van der Waals surface area contributed by atoms with E-state index in [2.05, 4.69) is 9.97 Å². The molecule has 39 heavy (non-hydrogen) atoms. The van der Waals surface area contributed by atoms with Crippen molar-refractivity contribution in [2.75, 3.05) is 11.4 Å². The molecule has 2 amide bonds. The molecule has 1 unspecified atom stereocenters. The summed E-state index contributed by atoms with van der Waals surface area (Å²) in [5, 5.41) is 10.4. The SMILES string of the molecule is O=C(NC(CC(F)(F)F)C(F)(F)F)c1cn(-c2ncc(F)cc2F)c2nc(N3C[C@@H](O)CC3=O)ccc2c1=O. The van der Waals surface area contributed by atoms with Gasteiger partial charge in [-0.05, 0) is 12.1 Å². The van der Waals surface area contributed by atoms with Gasteiger partial charge in [0.15, 0.2) is 17.3 Å². The lowest BCUT2D eigenvalue weighted by Crippen LogP contribution is -2.48. The minimum absolute atomic E-state index is 0.140. The van der Waals surface area contributed by atoms with Crippen LogP contribution in [-0.4, -0.2) is 62.5 Å². The zero-order chi connectivity index (χ0) is 28.9. The number of amides is 2. The summed E-state index contributed by atoms with van der Waals surface area (Å²) in [4.78, 5) is 46.5. The zero-order valence-electron chi connectivity index (χ0n) is 19.1. The molecular formula is C22H15F8N5O4. The van der Waals surface area contributed by atoms with E-state index in [1.165, 1.54) is 0 Å². The van der Waals surface area contributed by atoms with E-state index < -0.39 is 82.2 Å². The maximum atomic E-state index is 14.7. The molecule has 4 rings (SSSR count). The van der Waals surface area contributed by atoms with Crippen molar-refractivity contribution in [2.24, 2.45) is 0 Å². The van der Waals surface area contributed by atoms with E-state index in [4.69, 9.17) is 0 Å². The van der Waals surface area contributed by atoms with Crippen molar-refractivity contribution >= 4 is 28.7 Å². The summed E-state index contributed by atoms with van der Waals surface area (Å²) >= 11 is 0. The van der Waals surface area contributed by atoms with E-state index in [0.29, 0.717) is 23.0 Å². The zero-order valence-corrected chi connectivity index (χ0v) is 19.1. The smallest absolute Gasteiger partial charge is 0.391 e. The maximum absolute atomic E-state index is 14.7. The Morgan fingerprint density at radius 2 is 1.85 bits per heavy atom. The van der Waals surface area contributed by atoms with Crippen LogP contribution < -0.4 is 15.6 Å². The fraction of sp³-hybridized carbons (Fsp3) is 0.318. The highest BCUT2D eigenvalue weighted by Gasteiger charge is 2.47. The van der Waals surface area contributed by atoms with E-state index in [0.717, 1.165) is 22.3 Å². The fourth-order valence-electron chi connectivity index (χ4n) is 3.88. The fourth-order valence-corrected chi connectivity index (χ4v) is 3.88. The molecule has 208 valence electrons. The average Bonchev–Trinajstić information content (AvgIpc) is 3.15. The summed E-state index contributed by atoms with van der Waals surface area (Å²) < 4.78 is 107. The molecule has 4 heterocycles. The molecule has 0 aromatic carbocycles. The van der Waals surface area contributed by atoms with Gasteiger partial charge < -0.3 is 10.4 Å². The van der Waals surface area contributed by atoms with Gasteiger partial charge in [0.1, 0.15) is 23.2 Å². The minimum atomic E-state index is -5.55. The predicted octanol–water partition coefficient (Wildman–Crippen LogP) is 2.77. The Kier molecular flexibility index (Phi) is 7.05. The van der Waals surface area contributed by atoms with Crippen molar-refractivity contribution in [2.45, 2.75) is 37.3 Å². The van der Waals surface area contributed by atoms with Crippen LogP contribution in [0.4, 0.5) is 40.9 Å². The molecule has 1 aliphatic rings. The number of fused-ring (bicyclic) bond motifs is 1. The van der Waals surface area contributed by atoms with E-state index in [1.807, 2.05) is 0 Å². The van der Waals surface area contributed by atoms with Crippen molar-refractivity contribution in [3.63, 3.8) is 0 Å². The standard InChI is InChI=1S/C22H15F8N5O4/c23-9-3-13(24)19(31-6-9)35-8-12(20(39)32-14(22(28,29)30)5-21(25,26)27)17(38)11-1-2-15(33-18(11)35)34-7-10(36)4-16(34)37/h1-3,6,8,10,14,36H,4-5,7H2,(H,32,39)/t10-,14?/m0/s1. The Morgan fingerprint density at radius 1 is 1.15 bits per heavy atom. The molecule has 0 saturated carbocycles. The van der Waals surface area contributed by atoms with Gasteiger partial charge in [-0.3, -0.25) is 23.9 Å². The van der Waals surface area contributed by atoms with E-state index >= 15 is 0 Å². The molecule has 1 fully saturated rings. The number of hydrogen-bond donors (Lipinski definition) is 2. The predicted molar refractivity (Wildman–Crippen MR) is 116 cm³/mol. The van der Waals surface area contributed by atoms with Crippen LogP contribution in [0, 0.1) is 11.6 Å². The highest BCUT2D eigenvalue weighted by Crippen LogP contribution is 2.31. The highest BCUT2D eigenvalue weighted by molar-refractivity contribution is 5.99. The molecule has 17 heteroatoms. The number of carbonyl (C=O) groups excluding carboxylic acids is 2. The van der Waals surface area contributed by atoms with E-state index in [1.54, 1.807) is 0 Å². The molecule has 0 aliphatic carbocycles. The van der Waals surface area contributed by atoms with Crippen LogP contribution in [0.15, 0.2) is 35.4 Å². The number of hydrogen-bond acceptors (Lipinski definition) is 6. The monoisotopic (exact) mass is 565 g/mol. The third kappa shape index (κ3) is 5.81. The number of anilines is 1. The van der Waals surface area contributed by atoms with Gasteiger partial charge in [0, 0.05) is 12.3 Å². The van der Waals surface area contributed by atoms with Crippen molar-refractivity contribution in [3.8, 4) is 5.82 Å². The summed E-state index contributed by atoms with van der Waals surface area (Å²) in [7, 11) is 0. The molecule has 2 N–H and O–H groups in total. The first kappa shape index (κ1) is 27.9. The Morgan fingerprint density at radius 3 is 2.41 bits per heavy atom. The maximum Gasteiger partial charge on any atom is 0.408 e. The number of nitrogens with zero attached hydrogens (tertiary/aromatic N) is 4. The lowest BCUT2D eigenvalue weighted by Gasteiger charge is -2.23. The number of carbonyl (C=O) groups is 2. The van der Waals surface area contributed by atoms with Gasteiger partial charge in [0.2, 0.25) is 11.3 Å². The lowest BCUT2D eigenvalue weighted by atomic mass is 10.1. The second-order valence-corrected chi connectivity index (χ2v) is 8.49. The van der Waals surface area contributed by atoms with Crippen LogP contribution >= 0.6 is 0 Å². The van der Waals surface area contributed by atoms with E-state index in [9.17, 15) is 54.6 Å². The number of rotatable bonds is 5. The number of nitrogens with one attached hydrogen (secondary N) is 1. The van der Waals surface area contributed by atoms with Crippen LogP contribution in [0.5, 0.6) is 0 Å². The van der Waals surface area contributed by atoms with Crippen molar-refractivity contribution in [3.05, 3.63) is 58.0 Å². The Balaban J connectivity index is 1.89. The summed E-state index contributed by atoms with van der Waals surface area (Å²) in [5.74, 6) is -5.85. The second-order valence-electron chi connectivity index (χ2n) is 8.49. The van der Waals surface area contributed by atoms with Crippen LogP contribution in [-0.2, 0) is 4.79 Å². The number of halogens is 8. The first-order valence-electron chi connectivity index (χ1n) is 10.9. The molecule has 9 nitrogen and oxygen atoms in total. The Bertz CT molecular complexity index is 1520. The Labute approximate surface area is 211 Å². The van der Waals surface area contributed by atoms with E-state index in [-0.39, 0.29) is 18.8 Å². The van der Waals surface area contributed by atoms with Gasteiger partial charge in [-0.1, -0.05) is 0 Å². The van der Waals surface area contributed by atoms with Crippen molar-refractivity contribution in [1.29, 1.82) is 0 Å². The quantitative estimate of drug-likeness (QED) is 0.460. The third-order valence-electron chi connectivity index (χ3n) is 5.61. The van der Waals surface area contributed by atoms with Crippen LogP contribution in [0.25, 0.3) is 16.9 Å². The number of β-amino-alcohol motifs (C(OH)–C–C–N with tert-alkyl or cyclic N) is 1. The average molecular weight is 565 g/mol. The molecule has 2 atom stereocenters. The molecule has 0 spiro atoms. The first-order chi connectivity index (χ1) is 18.0. The number of aliphatic hydroxyl groups excluding tert-OH is 1. The number of pyridine rings is 3. The van der Waals surface area contributed by atoms with Crippen LogP contribution in [0.1, 0.15) is 23.2 Å². The highest BCUT2D eigenvalue weighted by atomic mass is 19.4. The van der Waals surface area contributed by atoms with Gasteiger partial charge >= 0.3 is 12.4 Å². The topological polar surface area (TPSA) is 117 Å². The molecule has 1 saturated heterocycles. The second kappa shape index (κ2) is 9.87. The van der Waals surface area contributed by atoms with Crippen molar-refractivity contribution in [1.82, 2.24) is 19.9 Å². The molecule has 0 bridgehead atoms. The van der Waals surface area contributed by atoms with Crippen molar-refractivity contribution < 1.29 is 49.8 Å². The van der Waals surface area contributed by atoms with Crippen LogP contribution in [0.3, 0.4) is 0 Å². The largest absolute Gasteiger partial charge is 0.408 e. The number of aliphatic hydroxyl groups is 1. The summed E-state index contributed by atoms with van der Waals surface area (Å²) in [6, 6.07) is -0.965. The molecular weight excluding hydrogens is 550 g/mol. The third-order valence-corrected chi connectivity index (χ3v) is 5.61. The molecule has 0 radical (unpaired) electrons. The van der Waals surface area contributed by atoms with Gasteiger partial charge in [0.25, 0.3) is 5.91 Å². The summed E-state index contributed by atoms with van der Waals surface area (Å²) in [6.07, 6.45) is -13.6. The minimum Gasteiger partial charge on any atom is -0.391 e. The molecule has 3 aromatic heterocycles. The number of alkyl halides is 6. The van der Waals surface area contributed by atoms with Gasteiger partial charge in [-0.15, -0.1) is 0 Å². The van der Waals surface area contributed by atoms with Gasteiger partial charge in [-0.2, -0.15) is 26.3 Å². The van der Waals surface area contributed by atoms with Gasteiger partial charge in [0.05, 0.1) is 37.1 Å². The number of aromatic nitrogens is 3. The first-order valence-corrected chi connectivity index (χ1v) is 10.9. The molecule has 1 aliphatic heterocycles. The van der Waals surface area contributed by atoms with Crippen LogP contribution in [0.2, 0.25) is 0 Å². The van der Waals surface area contributed by atoms with Gasteiger partial charge in [-0.25, -0.2) is 18.7 Å². The summed E-state index contributed by atoms with van der Waals surface area (Å²) in [5.41, 5.74) is -2.91. The summed E-state index contributed by atoms with van der Waals surface area (Å²) in [6.45, 7) is -0.191.